The highest BCUT2D eigenvalue weighted by molar-refractivity contribution is 6.02. The highest BCUT2D eigenvalue weighted by atomic mass is 16.5. The Morgan fingerprint density at radius 3 is 2.71 bits per heavy atom. The average molecular weight is 320 g/mol. The molecule has 0 spiro atoms. The summed E-state index contributed by atoms with van der Waals surface area (Å²) in [5, 5.41) is 3.84. The van der Waals surface area contributed by atoms with Gasteiger partial charge in [0.15, 0.2) is 6.10 Å². The number of amides is 1. The molecule has 1 aromatic heterocycles. The third kappa shape index (κ3) is 3.23. The van der Waals surface area contributed by atoms with Crippen molar-refractivity contribution in [1.82, 2.24) is 4.98 Å². The molecule has 0 bridgehead atoms. The van der Waals surface area contributed by atoms with E-state index in [0.717, 1.165) is 33.5 Å². The third-order valence-corrected chi connectivity index (χ3v) is 4.13. The van der Waals surface area contributed by atoms with Gasteiger partial charge in [0.1, 0.15) is 5.75 Å². The molecule has 0 saturated carbocycles. The third-order valence-electron chi connectivity index (χ3n) is 4.13. The lowest BCUT2D eigenvalue weighted by Crippen LogP contribution is -2.30. The maximum Gasteiger partial charge on any atom is 0.265 e. The predicted octanol–water partition coefficient (Wildman–Crippen LogP) is 4.26. The summed E-state index contributed by atoms with van der Waals surface area (Å²) in [6.07, 6.45) is 1.14. The summed E-state index contributed by atoms with van der Waals surface area (Å²) in [6.45, 7) is 5.77. The molecule has 1 heterocycles. The molecule has 0 aliphatic heterocycles. The Kier molecular flexibility index (Phi) is 4.47. The number of rotatable bonds is 4. The van der Waals surface area contributed by atoms with Gasteiger partial charge in [-0.15, -0.1) is 0 Å². The predicted molar refractivity (Wildman–Crippen MR) is 96.4 cm³/mol. The Balaban J connectivity index is 1.77. The second-order valence-electron chi connectivity index (χ2n) is 5.82. The molecule has 0 aliphatic carbocycles. The van der Waals surface area contributed by atoms with E-state index in [1.54, 1.807) is 13.1 Å². The van der Waals surface area contributed by atoms with Gasteiger partial charge in [0.25, 0.3) is 5.91 Å². The van der Waals surface area contributed by atoms with Gasteiger partial charge >= 0.3 is 0 Å². The van der Waals surface area contributed by atoms with E-state index in [2.05, 4.69) is 10.3 Å². The van der Waals surface area contributed by atoms with Gasteiger partial charge in [0.05, 0.1) is 11.2 Å². The van der Waals surface area contributed by atoms with Crippen molar-refractivity contribution in [2.75, 3.05) is 5.32 Å². The largest absolute Gasteiger partial charge is 0.481 e. The van der Waals surface area contributed by atoms with Crippen LogP contribution < -0.4 is 10.1 Å². The van der Waals surface area contributed by atoms with Gasteiger partial charge in [0, 0.05) is 11.6 Å². The Hall–Kier alpha value is -2.88. The number of anilines is 1. The second kappa shape index (κ2) is 6.71. The lowest BCUT2D eigenvalue weighted by molar-refractivity contribution is -0.122. The van der Waals surface area contributed by atoms with Crippen LogP contribution in [0.15, 0.2) is 54.7 Å². The van der Waals surface area contributed by atoms with Crippen LogP contribution in [0, 0.1) is 13.8 Å². The number of ether oxygens (including phenoxy) is 1. The minimum atomic E-state index is -0.600. The molecule has 1 unspecified atom stereocenters. The number of pyridine rings is 1. The first kappa shape index (κ1) is 16.0. The van der Waals surface area contributed by atoms with Crippen LogP contribution in [0.3, 0.4) is 0 Å². The molecule has 0 radical (unpaired) electrons. The van der Waals surface area contributed by atoms with E-state index in [0.29, 0.717) is 0 Å². The maximum atomic E-state index is 12.5. The van der Waals surface area contributed by atoms with E-state index in [1.165, 1.54) is 0 Å². The van der Waals surface area contributed by atoms with Crippen molar-refractivity contribution in [1.29, 1.82) is 0 Å². The summed E-state index contributed by atoms with van der Waals surface area (Å²) in [6, 6.07) is 15.3. The van der Waals surface area contributed by atoms with Crippen LogP contribution in [0.1, 0.15) is 18.1 Å². The minimum Gasteiger partial charge on any atom is -0.481 e. The summed E-state index contributed by atoms with van der Waals surface area (Å²) in [7, 11) is 0. The van der Waals surface area contributed by atoms with Crippen LogP contribution in [0.2, 0.25) is 0 Å². The Morgan fingerprint density at radius 1 is 1.08 bits per heavy atom. The van der Waals surface area contributed by atoms with Crippen LogP contribution >= 0.6 is 0 Å². The number of carbonyl (C=O) groups is 1. The Labute approximate surface area is 141 Å². The van der Waals surface area contributed by atoms with Gasteiger partial charge in [-0.1, -0.05) is 18.2 Å². The second-order valence-corrected chi connectivity index (χ2v) is 5.82. The molecular formula is C20H20N2O2. The zero-order chi connectivity index (χ0) is 17.1. The highest BCUT2D eigenvalue weighted by Crippen LogP contribution is 2.24. The lowest BCUT2D eigenvalue weighted by atomic mass is 10.1. The van der Waals surface area contributed by atoms with E-state index in [-0.39, 0.29) is 5.91 Å². The molecule has 0 aliphatic rings. The van der Waals surface area contributed by atoms with E-state index >= 15 is 0 Å². The van der Waals surface area contributed by atoms with Crippen molar-refractivity contribution in [3.8, 4) is 5.75 Å². The number of aryl methyl sites for hydroxylation is 1. The molecule has 2 aromatic carbocycles. The van der Waals surface area contributed by atoms with Crippen LogP contribution in [-0.2, 0) is 4.79 Å². The van der Waals surface area contributed by atoms with Crippen molar-refractivity contribution in [2.45, 2.75) is 26.9 Å². The van der Waals surface area contributed by atoms with Crippen LogP contribution in [0.25, 0.3) is 10.9 Å². The van der Waals surface area contributed by atoms with Crippen molar-refractivity contribution in [2.24, 2.45) is 0 Å². The van der Waals surface area contributed by atoms with E-state index in [9.17, 15) is 4.79 Å². The molecule has 0 saturated heterocycles. The molecule has 122 valence electrons. The molecule has 24 heavy (non-hydrogen) atoms. The molecule has 1 atom stereocenters. The van der Waals surface area contributed by atoms with Crippen LogP contribution in [0.5, 0.6) is 5.75 Å². The number of hydrogen-bond donors (Lipinski definition) is 1. The number of fused-ring (bicyclic) bond motifs is 1. The number of benzene rings is 2. The Bertz CT molecular complexity index is 884. The summed E-state index contributed by atoms with van der Waals surface area (Å²) in [4.78, 5) is 16.8. The van der Waals surface area contributed by atoms with Crippen molar-refractivity contribution < 1.29 is 9.53 Å². The zero-order valence-corrected chi connectivity index (χ0v) is 14.0. The lowest BCUT2D eigenvalue weighted by Gasteiger charge is -2.17. The molecule has 3 rings (SSSR count). The normalized spacial score (nSPS) is 12.0. The first-order valence-electron chi connectivity index (χ1n) is 7.94. The monoisotopic (exact) mass is 320 g/mol. The van der Waals surface area contributed by atoms with Gasteiger partial charge in [-0.3, -0.25) is 9.78 Å². The van der Waals surface area contributed by atoms with Crippen molar-refractivity contribution in [3.05, 3.63) is 65.9 Å². The molecule has 4 heteroatoms. The van der Waals surface area contributed by atoms with Gasteiger partial charge in [0.2, 0.25) is 0 Å². The van der Waals surface area contributed by atoms with Crippen molar-refractivity contribution >= 4 is 22.5 Å². The molecule has 1 N–H and O–H groups in total. The Morgan fingerprint density at radius 2 is 1.88 bits per heavy atom. The summed E-state index contributed by atoms with van der Waals surface area (Å²) < 4.78 is 5.84. The minimum absolute atomic E-state index is 0.188. The topological polar surface area (TPSA) is 51.2 Å². The summed E-state index contributed by atoms with van der Waals surface area (Å²) in [5.74, 6) is 0.546. The van der Waals surface area contributed by atoms with Gasteiger partial charge < -0.3 is 10.1 Å². The number of nitrogens with one attached hydrogen (secondary N) is 1. The van der Waals surface area contributed by atoms with Gasteiger partial charge in [-0.2, -0.15) is 0 Å². The smallest absolute Gasteiger partial charge is 0.265 e. The van der Waals surface area contributed by atoms with Gasteiger partial charge in [-0.05, 0) is 62.2 Å². The van der Waals surface area contributed by atoms with Crippen LogP contribution in [0.4, 0.5) is 5.69 Å². The molecule has 4 nitrogen and oxygen atoms in total. The summed E-state index contributed by atoms with van der Waals surface area (Å²) >= 11 is 0. The fraction of sp³-hybridized carbons (Fsp3) is 0.200. The number of aromatic nitrogens is 1. The first-order valence-corrected chi connectivity index (χ1v) is 7.94. The zero-order valence-electron chi connectivity index (χ0n) is 14.0. The fourth-order valence-corrected chi connectivity index (χ4v) is 2.54. The van der Waals surface area contributed by atoms with Gasteiger partial charge in [-0.25, -0.2) is 0 Å². The molecular weight excluding hydrogens is 300 g/mol. The molecule has 0 fully saturated rings. The first-order chi connectivity index (χ1) is 11.6. The quantitative estimate of drug-likeness (QED) is 0.781. The van der Waals surface area contributed by atoms with Crippen molar-refractivity contribution in [3.63, 3.8) is 0 Å². The van der Waals surface area contributed by atoms with E-state index < -0.39 is 6.10 Å². The van der Waals surface area contributed by atoms with E-state index in [1.807, 2.05) is 62.4 Å². The summed E-state index contributed by atoms with van der Waals surface area (Å²) in [5.41, 5.74) is 3.77. The standard InChI is InChI=1S/C20H20N2O2/c1-13-7-4-11-19(14(13)2)24-15(3)20(23)22-18-10-5-9-17-16(18)8-6-12-21-17/h4-12,15H,1-3H3,(H,22,23). The van der Waals surface area contributed by atoms with E-state index in [4.69, 9.17) is 4.74 Å². The number of hydrogen-bond acceptors (Lipinski definition) is 3. The number of carbonyl (C=O) groups excluding carboxylic acids is 1. The fourth-order valence-electron chi connectivity index (χ4n) is 2.54. The molecule has 3 aromatic rings. The van der Waals surface area contributed by atoms with Crippen LogP contribution in [-0.4, -0.2) is 17.0 Å². The SMILES string of the molecule is Cc1cccc(OC(C)C(=O)Nc2cccc3ncccc23)c1C. The average Bonchev–Trinajstić information content (AvgIpc) is 2.59. The molecule has 1 amide bonds. The number of nitrogens with zero attached hydrogens (tertiary/aromatic N) is 1. The maximum absolute atomic E-state index is 12.5. The highest BCUT2D eigenvalue weighted by Gasteiger charge is 2.17.